The van der Waals surface area contributed by atoms with Crippen molar-refractivity contribution in [3.63, 3.8) is 0 Å². The van der Waals surface area contributed by atoms with E-state index in [0.29, 0.717) is 10.5 Å². The monoisotopic (exact) mass is 190 g/mol. The molecule has 0 saturated heterocycles. The van der Waals surface area contributed by atoms with Crippen LogP contribution in [0, 0.1) is 6.92 Å². The number of ether oxygens (including phenoxy) is 1. The van der Waals surface area contributed by atoms with Gasteiger partial charge in [0.2, 0.25) is 0 Å². The Hall–Kier alpha value is -0.770. The minimum absolute atomic E-state index is 0.149. The van der Waals surface area contributed by atoms with Gasteiger partial charge in [0.25, 0.3) is 0 Å². The number of rotatable bonds is 2. The van der Waals surface area contributed by atoms with Crippen LogP contribution in [-0.2, 0) is 0 Å². The molecule has 0 aliphatic carbocycles. The number of hydrogen-bond acceptors (Lipinski definition) is 2. The summed E-state index contributed by atoms with van der Waals surface area (Å²) in [5.74, 6) is 0.149. The lowest BCUT2D eigenvalue weighted by Crippen LogP contribution is -2.03. The zero-order valence-electron chi connectivity index (χ0n) is 6.42. The molecule has 12 heavy (non-hydrogen) atoms. The van der Waals surface area contributed by atoms with Crippen molar-refractivity contribution >= 4 is 12.6 Å². The van der Waals surface area contributed by atoms with Gasteiger partial charge < -0.3 is 4.74 Å². The zero-order valence-corrected chi connectivity index (χ0v) is 7.32. The first-order valence-electron chi connectivity index (χ1n) is 3.34. The van der Waals surface area contributed by atoms with Crippen molar-refractivity contribution in [2.45, 2.75) is 18.4 Å². The fourth-order valence-corrected chi connectivity index (χ4v) is 1.19. The lowest BCUT2D eigenvalue weighted by atomic mass is 10.2. The SMILES string of the molecule is Cc1cccc(S)c1OC(F)F. The molecule has 1 rings (SSSR count). The molecule has 0 unspecified atom stereocenters. The summed E-state index contributed by atoms with van der Waals surface area (Å²) < 4.78 is 27.9. The predicted molar refractivity (Wildman–Crippen MR) is 45.1 cm³/mol. The van der Waals surface area contributed by atoms with Crippen LogP contribution in [0.2, 0.25) is 0 Å². The van der Waals surface area contributed by atoms with E-state index in [9.17, 15) is 8.78 Å². The minimum atomic E-state index is -2.79. The van der Waals surface area contributed by atoms with Gasteiger partial charge in [-0.2, -0.15) is 8.78 Å². The number of hydrogen-bond donors (Lipinski definition) is 1. The van der Waals surface area contributed by atoms with Crippen molar-refractivity contribution in [1.29, 1.82) is 0 Å². The molecule has 0 fully saturated rings. The van der Waals surface area contributed by atoms with E-state index in [1.54, 1.807) is 25.1 Å². The molecule has 0 heterocycles. The van der Waals surface area contributed by atoms with E-state index in [4.69, 9.17) is 0 Å². The number of halogens is 2. The van der Waals surface area contributed by atoms with Crippen molar-refractivity contribution in [3.8, 4) is 5.75 Å². The van der Waals surface area contributed by atoms with Gasteiger partial charge in [0.1, 0.15) is 5.75 Å². The van der Waals surface area contributed by atoms with Gasteiger partial charge in [0, 0.05) is 4.90 Å². The van der Waals surface area contributed by atoms with E-state index < -0.39 is 6.61 Å². The van der Waals surface area contributed by atoms with Crippen molar-refractivity contribution in [2.24, 2.45) is 0 Å². The number of benzene rings is 1. The van der Waals surface area contributed by atoms with E-state index in [1.165, 1.54) is 0 Å². The third-order valence-corrected chi connectivity index (χ3v) is 1.75. The number of alkyl halides is 2. The van der Waals surface area contributed by atoms with Gasteiger partial charge in [-0.05, 0) is 18.6 Å². The quantitative estimate of drug-likeness (QED) is 0.705. The van der Waals surface area contributed by atoms with E-state index in [2.05, 4.69) is 17.4 Å². The normalized spacial score (nSPS) is 10.4. The molecule has 0 radical (unpaired) electrons. The van der Waals surface area contributed by atoms with Crippen LogP contribution < -0.4 is 4.74 Å². The van der Waals surface area contributed by atoms with Gasteiger partial charge in [-0.3, -0.25) is 0 Å². The summed E-state index contributed by atoms with van der Waals surface area (Å²) in [5, 5.41) is 0. The second-order valence-electron chi connectivity index (χ2n) is 2.30. The maximum atomic E-state index is 11.8. The van der Waals surface area contributed by atoms with Crippen molar-refractivity contribution in [2.75, 3.05) is 0 Å². The van der Waals surface area contributed by atoms with Crippen molar-refractivity contribution in [1.82, 2.24) is 0 Å². The highest BCUT2D eigenvalue weighted by Crippen LogP contribution is 2.27. The Morgan fingerprint density at radius 3 is 2.58 bits per heavy atom. The number of aryl methyl sites for hydroxylation is 1. The van der Waals surface area contributed by atoms with Crippen LogP contribution >= 0.6 is 12.6 Å². The molecule has 4 heteroatoms. The highest BCUT2D eigenvalue weighted by molar-refractivity contribution is 7.80. The fourth-order valence-electron chi connectivity index (χ4n) is 0.879. The summed E-state index contributed by atoms with van der Waals surface area (Å²) in [7, 11) is 0. The van der Waals surface area contributed by atoms with Crippen LogP contribution in [-0.4, -0.2) is 6.61 Å². The third kappa shape index (κ3) is 2.11. The van der Waals surface area contributed by atoms with E-state index in [-0.39, 0.29) is 5.75 Å². The molecule has 1 aromatic rings. The Labute approximate surface area is 74.8 Å². The van der Waals surface area contributed by atoms with Crippen LogP contribution in [0.25, 0.3) is 0 Å². The highest BCUT2D eigenvalue weighted by atomic mass is 32.1. The average molecular weight is 190 g/mol. The van der Waals surface area contributed by atoms with Gasteiger partial charge >= 0.3 is 6.61 Å². The highest BCUT2D eigenvalue weighted by Gasteiger charge is 2.09. The third-order valence-electron chi connectivity index (χ3n) is 1.40. The van der Waals surface area contributed by atoms with Crippen LogP contribution in [0.3, 0.4) is 0 Å². The minimum Gasteiger partial charge on any atom is -0.433 e. The lowest BCUT2D eigenvalue weighted by Gasteiger charge is -2.09. The molecule has 66 valence electrons. The molecule has 0 aliphatic rings. The fraction of sp³-hybridized carbons (Fsp3) is 0.250. The summed E-state index contributed by atoms with van der Waals surface area (Å²) in [6.45, 7) is -1.10. The molecule has 0 aromatic heterocycles. The molecule has 0 aliphatic heterocycles. The van der Waals surface area contributed by atoms with Gasteiger partial charge in [-0.15, -0.1) is 12.6 Å². The Kier molecular flexibility index (Phi) is 2.92. The predicted octanol–water partition coefficient (Wildman–Crippen LogP) is 2.89. The maximum Gasteiger partial charge on any atom is 0.387 e. The zero-order chi connectivity index (χ0) is 9.14. The van der Waals surface area contributed by atoms with Crippen molar-refractivity contribution < 1.29 is 13.5 Å². The summed E-state index contributed by atoms with van der Waals surface area (Å²) in [5.41, 5.74) is 0.655. The van der Waals surface area contributed by atoms with Crippen molar-refractivity contribution in [3.05, 3.63) is 23.8 Å². The molecule has 0 spiro atoms. The Morgan fingerprint density at radius 2 is 2.08 bits per heavy atom. The average Bonchev–Trinajstić information content (AvgIpc) is 1.97. The summed E-state index contributed by atoms with van der Waals surface area (Å²) in [6.07, 6.45) is 0. The molecule has 0 bridgehead atoms. The second kappa shape index (κ2) is 3.76. The smallest absolute Gasteiger partial charge is 0.387 e. The van der Waals surface area contributed by atoms with Gasteiger partial charge in [0.15, 0.2) is 0 Å². The molecule has 1 aromatic carbocycles. The summed E-state index contributed by atoms with van der Waals surface area (Å²) >= 11 is 3.98. The van der Waals surface area contributed by atoms with E-state index in [1.807, 2.05) is 0 Å². The first-order valence-corrected chi connectivity index (χ1v) is 3.79. The second-order valence-corrected chi connectivity index (χ2v) is 2.78. The molecular formula is C8H8F2OS. The first-order chi connectivity index (χ1) is 5.61. The molecule has 0 atom stereocenters. The van der Waals surface area contributed by atoms with E-state index >= 15 is 0 Å². The van der Waals surface area contributed by atoms with Crippen LogP contribution in [0.15, 0.2) is 23.1 Å². The number of thiol groups is 1. The lowest BCUT2D eigenvalue weighted by molar-refractivity contribution is -0.0521. The van der Waals surface area contributed by atoms with Crippen LogP contribution in [0.1, 0.15) is 5.56 Å². The number of para-hydroxylation sites is 1. The summed E-state index contributed by atoms with van der Waals surface area (Å²) in [6, 6.07) is 5.03. The Balaban J connectivity index is 2.96. The first kappa shape index (κ1) is 9.32. The molecule has 0 N–H and O–H groups in total. The van der Waals surface area contributed by atoms with E-state index in [0.717, 1.165) is 0 Å². The van der Waals surface area contributed by atoms with Gasteiger partial charge in [-0.25, -0.2) is 0 Å². The molecule has 0 saturated carbocycles. The maximum absolute atomic E-state index is 11.8. The summed E-state index contributed by atoms with van der Waals surface area (Å²) in [4.78, 5) is 0.426. The largest absolute Gasteiger partial charge is 0.433 e. The van der Waals surface area contributed by atoms with Crippen LogP contribution in [0.5, 0.6) is 5.75 Å². The van der Waals surface area contributed by atoms with Gasteiger partial charge in [0.05, 0.1) is 0 Å². The molecule has 1 nitrogen and oxygen atoms in total. The standard InChI is InChI=1S/C8H8F2OS/c1-5-3-2-4-6(12)7(5)11-8(9)10/h2-4,8,12H,1H3. The molecule has 0 amide bonds. The topological polar surface area (TPSA) is 9.23 Å². The van der Waals surface area contributed by atoms with Gasteiger partial charge in [-0.1, -0.05) is 12.1 Å². The molecular weight excluding hydrogens is 182 g/mol. The van der Waals surface area contributed by atoms with Crippen LogP contribution in [0.4, 0.5) is 8.78 Å². The Bertz CT molecular complexity index is 256. The Morgan fingerprint density at radius 1 is 1.42 bits per heavy atom.